The van der Waals surface area contributed by atoms with Crippen LogP contribution in [0, 0.1) is 5.41 Å². The largest absolute Gasteiger partial charge is 0.508 e. The highest BCUT2D eigenvalue weighted by Crippen LogP contribution is 2.38. The van der Waals surface area contributed by atoms with Gasteiger partial charge in [0.25, 0.3) is 0 Å². The molecule has 0 radical (unpaired) electrons. The summed E-state index contributed by atoms with van der Waals surface area (Å²) in [5.41, 5.74) is 0.774. The summed E-state index contributed by atoms with van der Waals surface area (Å²) in [6.07, 6.45) is 0. The molecule has 1 aromatic carbocycles. The number of aliphatic hydroxyl groups excluding tert-OH is 1. The number of aliphatic hydroxyl groups is 1. The second-order valence-corrected chi connectivity index (χ2v) is 4.66. The Hall–Kier alpha value is -1.02. The molecule has 0 fully saturated rings. The molecule has 2 heteroatoms. The predicted molar refractivity (Wildman–Crippen MR) is 57.4 cm³/mol. The van der Waals surface area contributed by atoms with Crippen molar-refractivity contribution in [3.05, 3.63) is 29.8 Å². The molecule has 0 heterocycles. The van der Waals surface area contributed by atoms with Gasteiger partial charge in [-0.25, -0.2) is 0 Å². The quantitative estimate of drug-likeness (QED) is 0.759. The van der Waals surface area contributed by atoms with Gasteiger partial charge in [-0.05, 0) is 17.0 Å². The van der Waals surface area contributed by atoms with Crippen molar-refractivity contribution in [2.75, 3.05) is 6.61 Å². The highest BCUT2D eigenvalue weighted by molar-refractivity contribution is 5.35. The van der Waals surface area contributed by atoms with E-state index in [1.807, 2.05) is 12.1 Å². The molecular weight excluding hydrogens is 176 g/mol. The molecule has 0 aliphatic heterocycles. The topological polar surface area (TPSA) is 40.5 Å². The maximum Gasteiger partial charge on any atom is 0.119 e. The van der Waals surface area contributed by atoms with Crippen LogP contribution in [0.4, 0.5) is 0 Å². The lowest BCUT2D eigenvalue weighted by atomic mass is 9.77. The van der Waals surface area contributed by atoms with Gasteiger partial charge in [-0.3, -0.25) is 0 Å². The zero-order valence-corrected chi connectivity index (χ0v) is 8.99. The van der Waals surface area contributed by atoms with E-state index in [1.165, 1.54) is 0 Å². The number of phenolic OH excluding ortho intramolecular Hbond substituents is 1. The van der Waals surface area contributed by atoms with E-state index in [9.17, 15) is 10.2 Å². The predicted octanol–water partition coefficient (Wildman–Crippen LogP) is 2.51. The molecule has 14 heavy (non-hydrogen) atoms. The van der Waals surface area contributed by atoms with E-state index in [1.54, 1.807) is 12.1 Å². The van der Waals surface area contributed by atoms with Crippen molar-refractivity contribution in [3.8, 4) is 5.75 Å². The SMILES string of the molecule is CC(C)(C)C(CO)c1ccccc1O. The van der Waals surface area contributed by atoms with Crippen LogP contribution in [-0.2, 0) is 0 Å². The van der Waals surface area contributed by atoms with Crippen molar-refractivity contribution in [2.24, 2.45) is 5.41 Å². The molecule has 1 rings (SSSR count). The molecule has 0 saturated carbocycles. The van der Waals surface area contributed by atoms with E-state index in [0.717, 1.165) is 5.56 Å². The fourth-order valence-corrected chi connectivity index (χ4v) is 1.62. The number of benzene rings is 1. The number of hydrogen-bond acceptors (Lipinski definition) is 2. The number of rotatable bonds is 2. The number of aromatic hydroxyl groups is 1. The first-order valence-corrected chi connectivity index (χ1v) is 4.85. The smallest absolute Gasteiger partial charge is 0.119 e. The molecule has 1 aromatic rings. The summed E-state index contributed by atoms with van der Waals surface area (Å²) in [5.74, 6) is 0.241. The van der Waals surface area contributed by atoms with Crippen LogP contribution in [0.1, 0.15) is 32.3 Å². The van der Waals surface area contributed by atoms with E-state index < -0.39 is 0 Å². The first-order chi connectivity index (χ1) is 6.46. The van der Waals surface area contributed by atoms with Gasteiger partial charge in [0.05, 0.1) is 6.61 Å². The Morgan fingerprint density at radius 2 is 1.79 bits per heavy atom. The van der Waals surface area contributed by atoms with Gasteiger partial charge in [-0.2, -0.15) is 0 Å². The van der Waals surface area contributed by atoms with Crippen molar-refractivity contribution in [2.45, 2.75) is 26.7 Å². The maximum absolute atomic E-state index is 9.66. The summed E-state index contributed by atoms with van der Waals surface area (Å²) < 4.78 is 0. The summed E-state index contributed by atoms with van der Waals surface area (Å²) in [6.45, 7) is 6.22. The summed E-state index contributed by atoms with van der Waals surface area (Å²) >= 11 is 0. The average Bonchev–Trinajstić information content (AvgIpc) is 2.07. The average molecular weight is 194 g/mol. The van der Waals surface area contributed by atoms with Crippen molar-refractivity contribution in [1.82, 2.24) is 0 Å². The van der Waals surface area contributed by atoms with Crippen LogP contribution in [0.25, 0.3) is 0 Å². The second kappa shape index (κ2) is 4.01. The van der Waals surface area contributed by atoms with Crippen molar-refractivity contribution in [1.29, 1.82) is 0 Å². The van der Waals surface area contributed by atoms with Crippen LogP contribution in [-0.4, -0.2) is 16.8 Å². The molecular formula is C12H18O2. The minimum Gasteiger partial charge on any atom is -0.508 e. The highest BCUT2D eigenvalue weighted by atomic mass is 16.3. The zero-order valence-electron chi connectivity index (χ0n) is 8.99. The van der Waals surface area contributed by atoms with Crippen LogP contribution < -0.4 is 0 Å². The minimum atomic E-state index is -0.0480. The number of phenols is 1. The fraction of sp³-hybridized carbons (Fsp3) is 0.500. The van der Waals surface area contributed by atoms with Gasteiger partial charge >= 0.3 is 0 Å². The molecule has 0 saturated heterocycles. The third-order valence-corrected chi connectivity index (χ3v) is 2.54. The van der Waals surface area contributed by atoms with Crippen molar-refractivity contribution in [3.63, 3.8) is 0 Å². The molecule has 0 aliphatic carbocycles. The van der Waals surface area contributed by atoms with Gasteiger partial charge in [0, 0.05) is 5.92 Å². The molecule has 78 valence electrons. The Morgan fingerprint density at radius 1 is 1.21 bits per heavy atom. The lowest BCUT2D eigenvalue weighted by Gasteiger charge is -2.29. The van der Waals surface area contributed by atoms with Crippen LogP contribution in [0.3, 0.4) is 0 Å². The molecule has 1 unspecified atom stereocenters. The summed E-state index contributed by atoms with van der Waals surface area (Å²) in [5, 5.41) is 19.0. The molecule has 0 bridgehead atoms. The Labute approximate surface area is 85.2 Å². The van der Waals surface area contributed by atoms with Crippen molar-refractivity contribution < 1.29 is 10.2 Å². The van der Waals surface area contributed by atoms with Gasteiger partial charge < -0.3 is 10.2 Å². The molecule has 0 amide bonds. The molecule has 1 atom stereocenters. The van der Waals surface area contributed by atoms with Crippen LogP contribution in [0.5, 0.6) is 5.75 Å². The van der Waals surface area contributed by atoms with Gasteiger partial charge in [-0.15, -0.1) is 0 Å². The maximum atomic E-state index is 9.66. The van der Waals surface area contributed by atoms with E-state index >= 15 is 0 Å². The van der Waals surface area contributed by atoms with Gasteiger partial charge in [0.2, 0.25) is 0 Å². The van der Waals surface area contributed by atoms with Crippen LogP contribution >= 0.6 is 0 Å². The minimum absolute atomic E-state index is 0.0244. The standard InChI is InChI=1S/C12H18O2/c1-12(2,3)10(8-13)9-6-4-5-7-11(9)14/h4-7,10,13-14H,8H2,1-3H3. The fourth-order valence-electron chi connectivity index (χ4n) is 1.62. The number of hydrogen-bond donors (Lipinski definition) is 2. The van der Waals surface area contributed by atoms with Gasteiger partial charge in [0.1, 0.15) is 5.75 Å². The lowest BCUT2D eigenvalue weighted by Crippen LogP contribution is -2.21. The van der Waals surface area contributed by atoms with Crippen LogP contribution in [0.15, 0.2) is 24.3 Å². The van der Waals surface area contributed by atoms with E-state index in [-0.39, 0.29) is 23.7 Å². The first kappa shape index (κ1) is 11.1. The number of para-hydroxylation sites is 1. The Bertz CT molecular complexity index is 299. The Morgan fingerprint density at radius 3 is 2.21 bits per heavy atom. The summed E-state index contributed by atoms with van der Waals surface area (Å²) in [4.78, 5) is 0. The molecule has 2 nitrogen and oxygen atoms in total. The van der Waals surface area contributed by atoms with E-state index in [4.69, 9.17) is 0 Å². The second-order valence-electron chi connectivity index (χ2n) is 4.66. The van der Waals surface area contributed by atoms with Crippen LogP contribution in [0.2, 0.25) is 0 Å². The summed E-state index contributed by atoms with van der Waals surface area (Å²) in [6, 6.07) is 7.19. The van der Waals surface area contributed by atoms with E-state index in [0.29, 0.717) is 0 Å². The summed E-state index contributed by atoms with van der Waals surface area (Å²) in [7, 11) is 0. The highest BCUT2D eigenvalue weighted by Gasteiger charge is 2.27. The first-order valence-electron chi connectivity index (χ1n) is 4.85. The molecule has 0 spiro atoms. The third-order valence-electron chi connectivity index (χ3n) is 2.54. The van der Waals surface area contributed by atoms with Gasteiger partial charge in [0.15, 0.2) is 0 Å². The lowest BCUT2D eigenvalue weighted by molar-refractivity contribution is 0.184. The third kappa shape index (κ3) is 2.26. The van der Waals surface area contributed by atoms with Gasteiger partial charge in [-0.1, -0.05) is 39.0 Å². The zero-order chi connectivity index (χ0) is 10.8. The molecule has 2 N–H and O–H groups in total. The Kier molecular flexibility index (Phi) is 3.17. The monoisotopic (exact) mass is 194 g/mol. The molecule has 0 aromatic heterocycles. The Balaban J connectivity index is 3.08. The van der Waals surface area contributed by atoms with E-state index in [2.05, 4.69) is 20.8 Å². The molecule has 0 aliphatic rings. The normalized spacial score (nSPS) is 14.0. The van der Waals surface area contributed by atoms with Crippen molar-refractivity contribution >= 4 is 0 Å².